The fraction of sp³-hybridized carbons (Fsp3) is 0.476. The van der Waals surface area contributed by atoms with Crippen molar-refractivity contribution in [1.82, 2.24) is 33.9 Å². The Balaban J connectivity index is 1.19. The second-order valence-corrected chi connectivity index (χ2v) is 15.6. The molecule has 0 aromatic carbocycles. The van der Waals surface area contributed by atoms with Gasteiger partial charge in [-0.2, -0.15) is 4.68 Å². The SMILES string of the molecule is Nc1ccnc2c1nnn2[C@H]1C[C@@H]2OP(O)(=S)OC[C@H]3O[C@@H](n4ccc(=O)n5ccnc45)[C@H](OP(=O)(S)OC[C@H]2O1)[C@@H]3O. The molecule has 3 aliphatic heterocycles. The number of nitrogens with two attached hydrogens (primary N) is 1. The molecule has 7 heterocycles. The van der Waals surface area contributed by atoms with Crippen molar-refractivity contribution in [2.45, 2.75) is 49.4 Å². The van der Waals surface area contributed by atoms with Gasteiger partial charge in [0.05, 0.1) is 18.9 Å². The van der Waals surface area contributed by atoms with Gasteiger partial charge in [-0.3, -0.25) is 22.8 Å². The zero-order valence-electron chi connectivity index (χ0n) is 21.7. The first-order chi connectivity index (χ1) is 20.5. The van der Waals surface area contributed by atoms with Gasteiger partial charge < -0.3 is 34.3 Å². The Labute approximate surface area is 251 Å². The van der Waals surface area contributed by atoms with Crippen LogP contribution in [0.2, 0.25) is 0 Å². The number of aromatic nitrogens is 7. The smallest absolute Gasteiger partial charge is 0.386 e. The molecule has 4 aromatic heterocycles. The maximum absolute atomic E-state index is 13.5. The molecule has 230 valence electrons. The van der Waals surface area contributed by atoms with Crippen LogP contribution in [0, 0.1) is 0 Å². The van der Waals surface area contributed by atoms with Crippen molar-refractivity contribution >= 4 is 60.2 Å². The number of ether oxygens (including phenoxy) is 2. The quantitative estimate of drug-likeness (QED) is 0.168. The molecular weight excluding hydrogens is 650 g/mol. The highest BCUT2D eigenvalue weighted by molar-refractivity contribution is 8.44. The minimum Gasteiger partial charge on any atom is -0.397 e. The minimum absolute atomic E-state index is 0.100. The van der Waals surface area contributed by atoms with Crippen LogP contribution in [-0.2, 0) is 43.9 Å². The molecule has 0 aliphatic carbocycles. The molecule has 3 fully saturated rings. The van der Waals surface area contributed by atoms with E-state index in [0.29, 0.717) is 16.9 Å². The molecule has 0 saturated carbocycles. The first-order valence-corrected chi connectivity index (χ1v) is 18.1. The number of pyridine rings is 1. The van der Waals surface area contributed by atoms with E-state index in [1.54, 1.807) is 6.07 Å². The normalized spacial score (nSPS) is 37.1. The number of anilines is 1. The lowest BCUT2D eigenvalue weighted by Gasteiger charge is -2.27. The lowest BCUT2D eigenvalue weighted by Crippen LogP contribution is -2.35. The van der Waals surface area contributed by atoms with E-state index in [0.717, 1.165) is 0 Å². The summed E-state index contributed by atoms with van der Waals surface area (Å²) in [4.78, 5) is 31.7. The molecule has 3 saturated heterocycles. The Bertz CT molecular complexity index is 1850. The number of nitrogens with zero attached hydrogens (tertiary/aromatic N) is 7. The number of imidazole rings is 1. The predicted molar refractivity (Wildman–Crippen MR) is 152 cm³/mol. The highest BCUT2D eigenvalue weighted by atomic mass is 32.7. The molecule has 0 spiro atoms. The number of thiol groups is 1. The third-order valence-electron chi connectivity index (χ3n) is 7.23. The third kappa shape index (κ3) is 5.45. The molecule has 4 N–H and O–H groups in total. The second-order valence-electron chi connectivity index (χ2n) is 9.93. The number of nitrogen functional groups attached to an aromatic ring is 1. The van der Waals surface area contributed by atoms with Crippen molar-refractivity contribution < 1.29 is 42.1 Å². The van der Waals surface area contributed by atoms with Gasteiger partial charge in [-0.25, -0.2) is 14.5 Å². The van der Waals surface area contributed by atoms with Crippen molar-refractivity contribution in [3.63, 3.8) is 0 Å². The average molecular weight is 675 g/mol. The van der Waals surface area contributed by atoms with Crippen LogP contribution in [0.15, 0.2) is 41.7 Å². The van der Waals surface area contributed by atoms with E-state index in [1.165, 1.54) is 44.5 Å². The number of aliphatic hydroxyl groups is 1. The number of fused-ring (bicyclic) bond motifs is 5. The van der Waals surface area contributed by atoms with Crippen molar-refractivity contribution in [2.75, 3.05) is 18.9 Å². The standard InChI is InChI=1S/C21H24N8O10P2S2/c22-10-1-3-23-19-16(10)25-26-29(19)15-7-11-12(36-15)8-34-41(33,43)39-18-17(31)13(9-35-40(32,42)38-11)37-20(18)28-5-2-14(30)27-6-4-24-21(27)28/h1-6,11-13,15,17-18,20,31H,7-9H2,(H2,22,23)(H,32,42)(H,33,43)/t11-,12+,13+,15+,17+,18+,20+,40?,41?/m0/s1. The highest BCUT2D eigenvalue weighted by Gasteiger charge is 2.51. The summed E-state index contributed by atoms with van der Waals surface area (Å²) in [5.41, 5.74) is 6.72. The topological polar surface area (TPSA) is 222 Å². The molecule has 0 amide bonds. The van der Waals surface area contributed by atoms with Gasteiger partial charge in [0.25, 0.3) is 5.56 Å². The summed E-state index contributed by atoms with van der Waals surface area (Å²) in [5.74, 6) is 0.164. The lowest BCUT2D eigenvalue weighted by molar-refractivity contribution is -0.0599. The van der Waals surface area contributed by atoms with E-state index in [2.05, 4.69) is 32.5 Å². The van der Waals surface area contributed by atoms with Crippen LogP contribution >= 0.6 is 25.8 Å². The molecular formula is C21H24N8O10P2S2. The molecule has 2 bridgehead atoms. The van der Waals surface area contributed by atoms with E-state index in [9.17, 15) is 19.4 Å². The van der Waals surface area contributed by atoms with Crippen molar-refractivity contribution in [3.8, 4) is 0 Å². The molecule has 7 rings (SSSR count). The summed E-state index contributed by atoms with van der Waals surface area (Å²) in [6.07, 6.45) is -1.93. The zero-order chi connectivity index (χ0) is 30.1. The van der Waals surface area contributed by atoms with Crippen molar-refractivity contribution in [3.05, 3.63) is 47.3 Å². The molecule has 4 aromatic rings. The van der Waals surface area contributed by atoms with Crippen LogP contribution in [-0.4, -0.2) is 87.7 Å². The van der Waals surface area contributed by atoms with Gasteiger partial charge in [-0.1, -0.05) is 17.5 Å². The Kier molecular flexibility index (Phi) is 7.48. The van der Waals surface area contributed by atoms with Crippen molar-refractivity contribution in [1.29, 1.82) is 0 Å². The summed E-state index contributed by atoms with van der Waals surface area (Å²) in [6.45, 7) is -9.00. The summed E-state index contributed by atoms with van der Waals surface area (Å²) >= 11 is 9.41. The molecule has 3 aliphatic rings. The Morgan fingerprint density at radius 1 is 1.07 bits per heavy atom. The fourth-order valence-electron chi connectivity index (χ4n) is 5.23. The number of rotatable bonds is 2. The van der Waals surface area contributed by atoms with Crippen LogP contribution < -0.4 is 11.3 Å². The summed E-state index contributed by atoms with van der Waals surface area (Å²) < 4.78 is 52.5. The monoisotopic (exact) mass is 674 g/mol. The molecule has 2 unspecified atom stereocenters. The van der Waals surface area contributed by atoms with Crippen LogP contribution in [0.1, 0.15) is 18.9 Å². The maximum atomic E-state index is 13.5. The number of aliphatic hydroxyl groups excluding tert-OH is 1. The van der Waals surface area contributed by atoms with E-state index < -0.39 is 63.1 Å². The molecule has 22 heteroatoms. The van der Waals surface area contributed by atoms with Crippen LogP contribution in [0.3, 0.4) is 0 Å². The molecule has 9 atom stereocenters. The fourth-order valence-corrected chi connectivity index (χ4v) is 8.16. The summed E-state index contributed by atoms with van der Waals surface area (Å²) in [6, 6.07) is 2.85. The predicted octanol–water partition coefficient (Wildman–Crippen LogP) is 0.536. The van der Waals surface area contributed by atoms with Gasteiger partial charge in [0.15, 0.2) is 23.6 Å². The Morgan fingerprint density at radius 3 is 2.72 bits per heavy atom. The zero-order valence-corrected chi connectivity index (χ0v) is 25.2. The number of hydrogen-bond acceptors (Lipinski definition) is 15. The first-order valence-electron chi connectivity index (χ1n) is 12.8. The second kappa shape index (κ2) is 10.9. The molecule has 43 heavy (non-hydrogen) atoms. The number of hydrogen-bond donors (Lipinski definition) is 4. The van der Waals surface area contributed by atoms with Crippen molar-refractivity contribution in [2.24, 2.45) is 0 Å². The Hall–Kier alpha value is -2.32. The van der Waals surface area contributed by atoms with E-state index in [1.807, 2.05) is 0 Å². The van der Waals surface area contributed by atoms with Gasteiger partial charge >= 0.3 is 13.5 Å². The third-order valence-corrected chi connectivity index (χ3v) is 10.4. The van der Waals surface area contributed by atoms with E-state index in [-0.39, 0.29) is 24.4 Å². The van der Waals surface area contributed by atoms with Crippen LogP contribution in [0.25, 0.3) is 16.9 Å². The highest BCUT2D eigenvalue weighted by Crippen LogP contribution is 2.58. The van der Waals surface area contributed by atoms with Crippen LogP contribution in [0.4, 0.5) is 5.69 Å². The van der Waals surface area contributed by atoms with E-state index >= 15 is 0 Å². The Morgan fingerprint density at radius 2 is 1.88 bits per heavy atom. The summed E-state index contributed by atoms with van der Waals surface area (Å²) in [7, 11) is 0. The van der Waals surface area contributed by atoms with Gasteiger partial charge in [0.2, 0.25) is 5.78 Å². The van der Waals surface area contributed by atoms with Crippen LogP contribution in [0.5, 0.6) is 0 Å². The van der Waals surface area contributed by atoms with Gasteiger partial charge in [-0.15, -0.1) is 5.10 Å². The minimum atomic E-state index is -4.22. The average Bonchev–Trinajstić information content (AvgIpc) is 3.74. The largest absolute Gasteiger partial charge is 0.397 e. The van der Waals surface area contributed by atoms with Gasteiger partial charge in [0.1, 0.15) is 30.5 Å². The molecule has 18 nitrogen and oxygen atoms in total. The van der Waals surface area contributed by atoms with Gasteiger partial charge in [0, 0.05) is 37.3 Å². The molecule has 0 radical (unpaired) electrons. The maximum Gasteiger partial charge on any atom is 0.386 e. The summed E-state index contributed by atoms with van der Waals surface area (Å²) in [5, 5.41) is 19.3. The first kappa shape index (κ1) is 29.4. The van der Waals surface area contributed by atoms with E-state index in [4.69, 9.17) is 45.1 Å². The van der Waals surface area contributed by atoms with Gasteiger partial charge in [-0.05, 0) is 17.9 Å². The lowest BCUT2D eigenvalue weighted by atomic mass is 10.1.